The summed E-state index contributed by atoms with van der Waals surface area (Å²) in [6, 6.07) is 7.94. The molecule has 0 aliphatic heterocycles. The van der Waals surface area contributed by atoms with Crippen molar-refractivity contribution in [3.8, 4) is 22.5 Å². The van der Waals surface area contributed by atoms with Crippen molar-refractivity contribution in [2.45, 2.75) is 130 Å². The highest BCUT2D eigenvalue weighted by atomic mass is 28.3. The molecular weight excluding hydrogens is 777 g/mol. The summed E-state index contributed by atoms with van der Waals surface area (Å²) in [7, 11) is -0.813. The number of hydrogen-bond donors (Lipinski definition) is 0. The highest BCUT2D eigenvalue weighted by Gasteiger charge is 2.30. The van der Waals surface area contributed by atoms with Crippen molar-refractivity contribution in [1.29, 1.82) is 0 Å². The highest BCUT2D eigenvalue weighted by molar-refractivity contribution is 6.76. The number of pyridine rings is 1. The van der Waals surface area contributed by atoms with Gasteiger partial charge in [-0.2, -0.15) is 14.7 Å². The van der Waals surface area contributed by atoms with Crippen LogP contribution in [0.15, 0.2) is 43.4 Å². The molecule has 13 nitrogen and oxygen atoms in total. The minimum Gasteiger partial charge on any atom is -0.494 e. The van der Waals surface area contributed by atoms with Gasteiger partial charge in [0.1, 0.15) is 36.3 Å². The summed E-state index contributed by atoms with van der Waals surface area (Å²) in [6.45, 7) is 33.3. The van der Waals surface area contributed by atoms with Gasteiger partial charge >= 0.3 is 6.09 Å². The van der Waals surface area contributed by atoms with Crippen molar-refractivity contribution >= 4 is 39.5 Å². The first-order valence-corrected chi connectivity index (χ1v) is 28.8. The second-order valence-corrected chi connectivity index (χ2v) is 30.0. The van der Waals surface area contributed by atoms with E-state index in [0.717, 1.165) is 64.5 Å². The maximum absolute atomic E-state index is 13.6. The van der Waals surface area contributed by atoms with Crippen LogP contribution in [0.25, 0.3) is 33.9 Å². The van der Waals surface area contributed by atoms with Crippen LogP contribution >= 0.6 is 0 Å². The first kappa shape index (κ1) is 47.6. The molecule has 0 N–H and O–H groups in total. The number of carbonyl (C=O) groups excluding carboxylic acids is 1. The summed E-state index contributed by atoms with van der Waals surface area (Å²) < 4.78 is 28.7. The number of hydrogen-bond acceptors (Lipinski definition) is 10. The van der Waals surface area contributed by atoms with Crippen LogP contribution in [-0.2, 0) is 32.4 Å². The van der Waals surface area contributed by atoms with Gasteiger partial charge in [0.15, 0.2) is 5.65 Å². The van der Waals surface area contributed by atoms with E-state index < -0.39 is 21.7 Å². The lowest BCUT2D eigenvalue weighted by molar-refractivity contribution is 0.0147. The lowest BCUT2D eigenvalue weighted by atomic mass is 10.0. The number of carbonyl (C=O) groups is 1. The molecule has 15 heteroatoms. The minimum absolute atomic E-state index is 0.0851. The van der Waals surface area contributed by atoms with E-state index in [2.05, 4.69) is 69.7 Å². The summed E-state index contributed by atoms with van der Waals surface area (Å²) in [5.41, 5.74) is 4.87. The summed E-state index contributed by atoms with van der Waals surface area (Å²) in [5.74, 6) is 1.23. The van der Waals surface area contributed by atoms with Gasteiger partial charge in [0, 0.05) is 72.5 Å². The molecule has 4 rings (SSSR count). The Bertz CT molecular complexity index is 1940. The molecule has 0 aliphatic carbocycles. The first-order valence-electron chi connectivity index (χ1n) is 21.3. The summed E-state index contributed by atoms with van der Waals surface area (Å²) in [6.07, 6.45) is 8.05. The van der Waals surface area contributed by atoms with Gasteiger partial charge in [-0.3, -0.25) is 9.67 Å². The van der Waals surface area contributed by atoms with Crippen molar-refractivity contribution < 1.29 is 23.7 Å². The van der Waals surface area contributed by atoms with Crippen molar-refractivity contribution in [2.24, 2.45) is 7.05 Å². The van der Waals surface area contributed by atoms with Crippen LogP contribution in [0.5, 0.6) is 0 Å². The number of rotatable bonds is 23. The average Bonchev–Trinajstić information content (AvgIpc) is 3.78. The second kappa shape index (κ2) is 21.0. The number of aryl methyl sites for hydroxylation is 2. The third kappa shape index (κ3) is 14.0. The third-order valence-corrected chi connectivity index (χ3v) is 13.3. The van der Waals surface area contributed by atoms with Gasteiger partial charge in [-0.25, -0.2) is 9.78 Å². The van der Waals surface area contributed by atoms with Gasteiger partial charge in [0.2, 0.25) is 0 Å². The topological polar surface area (TPSA) is 121 Å². The van der Waals surface area contributed by atoms with Crippen LogP contribution in [0.1, 0.15) is 72.1 Å². The quantitative estimate of drug-likeness (QED) is 0.0309. The fraction of sp³-hybridized carbons (Fsp3) is 0.614. The molecule has 326 valence electrons. The van der Waals surface area contributed by atoms with Gasteiger partial charge in [0.25, 0.3) is 0 Å². The maximum Gasteiger partial charge on any atom is 0.410 e. The summed E-state index contributed by atoms with van der Waals surface area (Å²) in [5, 5.41) is 9.54. The molecule has 1 amide bonds. The number of fused-ring (bicyclic) bond motifs is 1. The summed E-state index contributed by atoms with van der Waals surface area (Å²) >= 11 is 0. The average molecular weight is 849 g/mol. The van der Waals surface area contributed by atoms with Crippen LogP contribution in [0.3, 0.4) is 0 Å². The predicted octanol–water partition coefficient (Wildman–Crippen LogP) is 9.99. The molecule has 1 atom stereocenters. The first-order chi connectivity index (χ1) is 27.7. The van der Waals surface area contributed by atoms with Gasteiger partial charge in [-0.15, -0.1) is 0 Å². The lowest BCUT2D eigenvalue weighted by Crippen LogP contribution is -2.44. The Hall–Kier alpha value is -4.06. The van der Waals surface area contributed by atoms with Crippen molar-refractivity contribution in [2.75, 3.05) is 44.7 Å². The fourth-order valence-corrected chi connectivity index (χ4v) is 8.14. The van der Waals surface area contributed by atoms with Gasteiger partial charge in [0.05, 0.1) is 29.8 Å². The molecule has 0 fully saturated rings. The standard InChI is InChI=1S/C44H72N8O5Si2/c1-15-23-51(43(53)57-44(5,6)7)35(16-2)19-21-39-40(33(4)56-17-3)42(50(31-54-25-27-58(9,10)11)32-55-26-28-59(12,13)14)52-41(47-39)36(30-46-52)34-18-20-37(45-29-34)38-22-24-49(8)48-38/h18,20,22,24,29-30,35H,4,15-17,19,21,23,25-28,31-32H2,1-3,5-14H3/t35-/m1/s1. The van der Waals surface area contributed by atoms with Crippen LogP contribution in [0.2, 0.25) is 51.4 Å². The number of ether oxygens (including phenoxy) is 4. The molecule has 0 bridgehead atoms. The van der Waals surface area contributed by atoms with E-state index in [-0.39, 0.29) is 25.6 Å². The van der Waals surface area contributed by atoms with Gasteiger partial charge in [-0.1, -0.05) is 65.8 Å². The van der Waals surface area contributed by atoms with E-state index in [1.165, 1.54) is 0 Å². The van der Waals surface area contributed by atoms with Gasteiger partial charge in [-0.05, 0) is 77.6 Å². The Labute approximate surface area is 355 Å². The van der Waals surface area contributed by atoms with E-state index in [4.69, 9.17) is 34.0 Å². The zero-order valence-electron chi connectivity index (χ0n) is 38.4. The molecular formula is C44H72N8O5Si2. The monoisotopic (exact) mass is 849 g/mol. The van der Waals surface area contributed by atoms with E-state index in [9.17, 15) is 4.79 Å². The van der Waals surface area contributed by atoms with Crippen molar-refractivity contribution in [3.63, 3.8) is 0 Å². The van der Waals surface area contributed by atoms with E-state index >= 15 is 0 Å². The zero-order valence-corrected chi connectivity index (χ0v) is 40.4. The Kier molecular flexibility index (Phi) is 16.9. The molecule has 0 spiro atoms. The van der Waals surface area contributed by atoms with Crippen LogP contribution in [-0.4, -0.2) is 108 Å². The molecule has 0 radical (unpaired) electrons. The fourth-order valence-electron chi connectivity index (χ4n) is 6.62. The van der Waals surface area contributed by atoms with Crippen LogP contribution < -0.4 is 4.90 Å². The SMILES string of the molecule is C=C(OCC)c1c(CC[C@@H](CC)N(CCC)C(=O)OC(C)(C)C)nc2c(-c3ccc(-c4ccn(C)n4)nc3)cnn2c1N(COCC[Si](C)(C)C)COCC[Si](C)(C)C. The number of amides is 1. The smallest absolute Gasteiger partial charge is 0.410 e. The van der Waals surface area contributed by atoms with E-state index in [1.807, 2.05) is 80.9 Å². The van der Waals surface area contributed by atoms with Crippen LogP contribution in [0, 0.1) is 0 Å². The minimum atomic E-state index is -1.35. The Balaban J connectivity index is 1.90. The van der Waals surface area contributed by atoms with E-state index in [1.54, 1.807) is 4.68 Å². The molecule has 0 saturated carbocycles. The normalized spacial score (nSPS) is 12.8. The maximum atomic E-state index is 13.6. The molecule has 0 unspecified atom stereocenters. The zero-order chi connectivity index (χ0) is 43.5. The highest BCUT2D eigenvalue weighted by Crippen LogP contribution is 2.36. The van der Waals surface area contributed by atoms with Gasteiger partial charge < -0.3 is 28.7 Å². The largest absolute Gasteiger partial charge is 0.494 e. The summed E-state index contributed by atoms with van der Waals surface area (Å²) in [4.78, 5) is 27.8. The Morgan fingerprint density at radius 2 is 1.59 bits per heavy atom. The second-order valence-electron chi connectivity index (χ2n) is 18.7. The van der Waals surface area contributed by atoms with Crippen molar-refractivity contribution in [3.05, 3.63) is 54.6 Å². The predicted molar refractivity (Wildman–Crippen MR) is 245 cm³/mol. The third-order valence-electron chi connectivity index (χ3n) is 9.85. The Morgan fingerprint density at radius 1 is 0.932 bits per heavy atom. The molecule has 59 heavy (non-hydrogen) atoms. The molecule has 4 aromatic heterocycles. The molecule has 4 aromatic rings. The number of anilines is 1. The van der Waals surface area contributed by atoms with Crippen LogP contribution in [0.4, 0.5) is 10.6 Å². The lowest BCUT2D eigenvalue weighted by Gasteiger charge is -2.33. The van der Waals surface area contributed by atoms with E-state index in [0.29, 0.717) is 50.6 Å². The number of nitrogens with zero attached hydrogens (tertiary/aromatic N) is 8. The molecule has 4 heterocycles. The molecule has 0 aliphatic rings. The molecule has 0 saturated heterocycles. The van der Waals surface area contributed by atoms with Crippen molar-refractivity contribution in [1.82, 2.24) is 34.3 Å². The molecule has 0 aromatic carbocycles. The number of aromatic nitrogens is 6. The Morgan fingerprint density at radius 3 is 2.10 bits per heavy atom.